The molecule has 0 bridgehead atoms. The summed E-state index contributed by atoms with van der Waals surface area (Å²) < 4.78 is 5.48. The molecule has 4 heterocycles. The lowest BCUT2D eigenvalue weighted by atomic mass is 10.2. The van der Waals surface area contributed by atoms with Gasteiger partial charge in [0.05, 0.1) is 24.2 Å². The summed E-state index contributed by atoms with van der Waals surface area (Å²) in [5.41, 5.74) is 0. The van der Waals surface area contributed by atoms with Crippen LogP contribution in [0.2, 0.25) is 0 Å². The highest BCUT2D eigenvalue weighted by molar-refractivity contribution is 7.14. The number of imidazole rings is 1. The van der Waals surface area contributed by atoms with E-state index in [0.29, 0.717) is 12.6 Å². The Morgan fingerprint density at radius 2 is 2.40 bits per heavy atom. The number of hydrogen-bond donors (Lipinski definition) is 2. The Hall–Kier alpha value is -2.38. The number of H-pyrrole nitrogens is 1. The van der Waals surface area contributed by atoms with Gasteiger partial charge in [0.25, 0.3) is 5.91 Å². The number of thiophene rings is 1. The van der Waals surface area contributed by atoms with Crippen LogP contribution in [-0.4, -0.2) is 27.3 Å². The first-order valence-electron chi connectivity index (χ1n) is 8.42. The number of furan rings is 1. The zero-order valence-electron chi connectivity index (χ0n) is 13.8. The molecule has 3 aromatic heterocycles. The summed E-state index contributed by atoms with van der Waals surface area (Å²) in [7, 11) is 0. The third kappa shape index (κ3) is 3.67. The van der Waals surface area contributed by atoms with E-state index in [0.717, 1.165) is 36.0 Å². The van der Waals surface area contributed by atoms with Crippen LogP contribution in [0.15, 0.2) is 47.3 Å². The van der Waals surface area contributed by atoms with E-state index >= 15 is 0 Å². The smallest absolute Gasteiger partial charge is 0.261 e. The number of nitrogens with one attached hydrogen (secondary N) is 2. The van der Waals surface area contributed by atoms with Crippen LogP contribution in [-0.2, 0) is 13.1 Å². The molecule has 1 aliphatic rings. The van der Waals surface area contributed by atoms with E-state index in [4.69, 9.17) is 4.42 Å². The van der Waals surface area contributed by atoms with Gasteiger partial charge >= 0.3 is 0 Å². The van der Waals surface area contributed by atoms with Crippen molar-refractivity contribution in [3.8, 4) is 0 Å². The first kappa shape index (κ1) is 16.1. The van der Waals surface area contributed by atoms with Crippen LogP contribution in [0, 0.1) is 0 Å². The van der Waals surface area contributed by atoms with Crippen LogP contribution in [0.25, 0.3) is 0 Å². The van der Waals surface area contributed by atoms with E-state index in [1.807, 2.05) is 18.2 Å². The Morgan fingerprint density at radius 1 is 1.44 bits per heavy atom. The minimum atomic E-state index is -0.0526. The number of aromatic amines is 1. The van der Waals surface area contributed by atoms with Gasteiger partial charge in [-0.1, -0.05) is 0 Å². The number of nitrogens with zero attached hydrogens (tertiary/aromatic N) is 2. The minimum absolute atomic E-state index is 0.0526. The third-order valence-corrected chi connectivity index (χ3v) is 5.64. The molecule has 1 unspecified atom stereocenters. The molecule has 7 heteroatoms. The van der Waals surface area contributed by atoms with Gasteiger partial charge in [-0.15, -0.1) is 11.3 Å². The molecule has 0 spiro atoms. The molecular weight excluding hydrogens is 336 g/mol. The Labute approximate surface area is 149 Å². The molecule has 0 aliphatic carbocycles. The summed E-state index contributed by atoms with van der Waals surface area (Å²) in [5.74, 6) is 1.69. The average Bonchev–Trinajstić information content (AvgIpc) is 3.39. The molecule has 1 atom stereocenters. The molecular formula is C18H20N4O2S. The number of amides is 1. The number of likely N-dealkylation sites (tertiary alicyclic amines) is 1. The normalized spacial score (nSPS) is 17.8. The van der Waals surface area contributed by atoms with Gasteiger partial charge in [-0.05, 0) is 43.7 Å². The summed E-state index contributed by atoms with van der Waals surface area (Å²) in [4.78, 5) is 23.8. The van der Waals surface area contributed by atoms with Crippen LogP contribution in [0.4, 0.5) is 0 Å². The molecule has 4 rings (SSSR count). The predicted molar refractivity (Wildman–Crippen MR) is 95.2 cm³/mol. The predicted octanol–water partition coefficient (Wildman–Crippen LogP) is 3.33. The average molecular weight is 356 g/mol. The van der Waals surface area contributed by atoms with Crippen LogP contribution in [0.5, 0.6) is 0 Å². The maximum Gasteiger partial charge on any atom is 0.261 e. The SMILES string of the molecule is O=C(NCc1ncc[nH]1)c1ccc(C2CCCN2Cc2ccco2)s1. The highest BCUT2D eigenvalue weighted by Gasteiger charge is 2.28. The fourth-order valence-electron chi connectivity index (χ4n) is 3.24. The molecule has 130 valence electrons. The second kappa shape index (κ2) is 7.25. The summed E-state index contributed by atoms with van der Waals surface area (Å²) in [5, 5.41) is 2.90. The van der Waals surface area contributed by atoms with E-state index in [1.54, 1.807) is 30.0 Å². The first-order chi connectivity index (χ1) is 12.3. The maximum absolute atomic E-state index is 12.3. The van der Waals surface area contributed by atoms with Gasteiger partial charge in [0.2, 0.25) is 0 Å². The minimum Gasteiger partial charge on any atom is -0.468 e. The van der Waals surface area contributed by atoms with Gasteiger partial charge in [-0.2, -0.15) is 0 Å². The number of carbonyl (C=O) groups excluding carboxylic acids is 1. The van der Waals surface area contributed by atoms with Crippen molar-refractivity contribution in [3.05, 3.63) is 64.3 Å². The Bertz CT molecular complexity index is 810. The molecule has 1 fully saturated rings. The van der Waals surface area contributed by atoms with Gasteiger partial charge in [-0.3, -0.25) is 9.69 Å². The number of aromatic nitrogens is 2. The Morgan fingerprint density at radius 3 is 3.20 bits per heavy atom. The monoisotopic (exact) mass is 356 g/mol. The fourth-order valence-corrected chi connectivity index (χ4v) is 4.33. The van der Waals surface area contributed by atoms with Crippen molar-refractivity contribution in [2.75, 3.05) is 6.54 Å². The van der Waals surface area contributed by atoms with Crippen molar-refractivity contribution < 1.29 is 9.21 Å². The summed E-state index contributed by atoms with van der Waals surface area (Å²) >= 11 is 1.58. The van der Waals surface area contributed by atoms with Gasteiger partial charge in [-0.25, -0.2) is 4.98 Å². The molecule has 1 saturated heterocycles. The first-order valence-corrected chi connectivity index (χ1v) is 9.24. The molecule has 0 radical (unpaired) electrons. The van der Waals surface area contributed by atoms with Crippen molar-refractivity contribution in [1.29, 1.82) is 0 Å². The molecule has 3 aromatic rings. The van der Waals surface area contributed by atoms with Gasteiger partial charge in [0.15, 0.2) is 0 Å². The molecule has 1 aliphatic heterocycles. The van der Waals surface area contributed by atoms with Crippen molar-refractivity contribution in [1.82, 2.24) is 20.2 Å². The van der Waals surface area contributed by atoms with Crippen LogP contribution < -0.4 is 5.32 Å². The standard InChI is InChI=1S/C18H20N4O2S/c23-18(21-11-17-19-7-8-20-17)16-6-5-15(25-16)14-4-1-9-22(14)12-13-3-2-10-24-13/h2-3,5-8,10,14H,1,4,9,11-12H2,(H,19,20)(H,21,23). The Balaban J connectivity index is 1.40. The number of carbonyl (C=O) groups is 1. The van der Waals surface area contributed by atoms with E-state index in [1.165, 1.54) is 11.3 Å². The van der Waals surface area contributed by atoms with E-state index in [-0.39, 0.29) is 5.91 Å². The summed E-state index contributed by atoms with van der Waals surface area (Å²) in [6.07, 6.45) is 7.43. The lowest BCUT2D eigenvalue weighted by Gasteiger charge is -2.22. The third-order valence-electron chi connectivity index (χ3n) is 4.45. The second-order valence-corrected chi connectivity index (χ2v) is 7.24. The summed E-state index contributed by atoms with van der Waals surface area (Å²) in [6.45, 7) is 2.28. The van der Waals surface area contributed by atoms with Crippen LogP contribution in [0.3, 0.4) is 0 Å². The van der Waals surface area contributed by atoms with E-state index in [9.17, 15) is 4.79 Å². The topological polar surface area (TPSA) is 74.2 Å². The molecule has 2 N–H and O–H groups in total. The quantitative estimate of drug-likeness (QED) is 0.710. The zero-order chi connectivity index (χ0) is 17.1. The molecule has 25 heavy (non-hydrogen) atoms. The van der Waals surface area contributed by atoms with Crippen molar-refractivity contribution in [3.63, 3.8) is 0 Å². The maximum atomic E-state index is 12.3. The van der Waals surface area contributed by atoms with Gasteiger partial charge in [0, 0.05) is 23.3 Å². The fraction of sp³-hybridized carbons (Fsp3) is 0.333. The molecule has 0 saturated carbocycles. The lowest BCUT2D eigenvalue weighted by Crippen LogP contribution is -2.22. The largest absolute Gasteiger partial charge is 0.468 e. The Kier molecular flexibility index (Phi) is 4.67. The van der Waals surface area contributed by atoms with Gasteiger partial charge in [0.1, 0.15) is 11.6 Å². The molecule has 6 nitrogen and oxygen atoms in total. The lowest BCUT2D eigenvalue weighted by molar-refractivity contribution is 0.0954. The zero-order valence-corrected chi connectivity index (χ0v) is 14.6. The number of rotatable bonds is 6. The van der Waals surface area contributed by atoms with Crippen molar-refractivity contribution in [2.45, 2.75) is 32.0 Å². The highest BCUT2D eigenvalue weighted by Crippen LogP contribution is 2.36. The molecule has 0 aromatic carbocycles. The second-order valence-electron chi connectivity index (χ2n) is 6.13. The highest BCUT2D eigenvalue weighted by atomic mass is 32.1. The number of hydrogen-bond acceptors (Lipinski definition) is 5. The van der Waals surface area contributed by atoms with Crippen LogP contribution >= 0.6 is 11.3 Å². The van der Waals surface area contributed by atoms with Crippen molar-refractivity contribution in [2.24, 2.45) is 0 Å². The summed E-state index contributed by atoms with van der Waals surface area (Å²) in [6, 6.07) is 8.30. The van der Waals surface area contributed by atoms with Gasteiger partial charge < -0.3 is 14.7 Å². The van der Waals surface area contributed by atoms with E-state index < -0.39 is 0 Å². The van der Waals surface area contributed by atoms with E-state index in [2.05, 4.69) is 26.3 Å². The molecule has 1 amide bonds. The van der Waals surface area contributed by atoms with Crippen LogP contribution in [0.1, 0.15) is 45.0 Å². The van der Waals surface area contributed by atoms with Crippen molar-refractivity contribution >= 4 is 17.2 Å².